The van der Waals surface area contributed by atoms with Crippen molar-refractivity contribution in [2.24, 2.45) is 5.92 Å². The Morgan fingerprint density at radius 3 is 2.04 bits per heavy atom. The van der Waals surface area contributed by atoms with Crippen molar-refractivity contribution in [1.29, 1.82) is 0 Å². The largest absolute Gasteiger partial charge is 0.461 e. The molecule has 3 rings (SSSR count). The molecule has 1 aromatic rings. The van der Waals surface area contributed by atoms with Crippen LogP contribution >= 0.6 is 0 Å². The van der Waals surface area contributed by atoms with Gasteiger partial charge in [0.15, 0.2) is 0 Å². The Hall–Kier alpha value is -4.08. The molecule has 1 aromatic carbocycles. The summed E-state index contributed by atoms with van der Waals surface area (Å²) in [7, 11) is 0. The van der Waals surface area contributed by atoms with Gasteiger partial charge in [-0.25, -0.2) is 0 Å². The van der Waals surface area contributed by atoms with Gasteiger partial charge in [0, 0.05) is 37.7 Å². The first-order chi connectivity index (χ1) is 21.0. The Morgan fingerprint density at radius 1 is 0.933 bits per heavy atom. The van der Waals surface area contributed by atoms with Gasteiger partial charge in [-0.05, 0) is 49.9 Å². The number of rotatable bonds is 9. The number of morpholine rings is 1. The molecule has 0 aromatic heterocycles. The summed E-state index contributed by atoms with van der Waals surface area (Å²) < 4.78 is 77.9. The van der Waals surface area contributed by atoms with Crippen LogP contribution < -0.4 is 10.6 Å². The second kappa shape index (κ2) is 14.3. The molecule has 2 saturated heterocycles. The van der Waals surface area contributed by atoms with Crippen LogP contribution in [0.25, 0.3) is 0 Å². The van der Waals surface area contributed by atoms with E-state index in [-0.39, 0.29) is 24.4 Å². The van der Waals surface area contributed by atoms with Gasteiger partial charge in [-0.3, -0.25) is 24.0 Å². The highest BCUT2D eigenvalue weighted by atomic mass is 19.4. The van der Waals surface area contributed by atoms with Crippen LogP contribution in [0, 0.1) is 5.92 Å². The minimum Gasteiger partial charge on any atom is -0.422 e. The summed E-state index contributed by atoms with van der Waals surface area (Å²) in [6.45, 7) is 6.22. The number of halogens is 5. The van der Waals surface area contributed by atoms with E-state index in [0.717, 1.165) is 4.90 Å². The average molecular weight is 647 g/mol. The molecule has 11 nitrogen and oxygen atoms in total. The quantitative estimate of drug-likeness (QED) is 0.239. The van der Waals surface area contributed by atoms with Crippen molar-refractivity contribution >= 4 is 29.6 Å². The molecule has 2 aliphatic rings. The number of carbonyl (C=O) groups is 5. The maximum atomic E-state index is 14.4. The van der Waals surface area contributed by atoms with E-state index in [1.54, 1.807) is 4.90 Å². The number of alkyl halides is 5. The number of hydrogen-bond acceptors (Lipinski definition) is 7. The van der Waals surface area contributed by atoms with Crippen LogP contribution in [0.1, 0.15) is 61.3 Å². The molecule has 0 spiro atoms. The second-order valence-corrected chi connectivity index (χ2v) is 10.9. The Kier molecular flexibility index (Phi) is 11.3. The number of ether oxygens (including phenoxy) is 2. The zero-order valence-electron chi connectivity index (χ0n) is 25.1. The molecule has 45 heavy (non-hydrogen) atoms. The minimum atomic E-state index is -6.13. The molecule has 2 aliphatic heterocycles. The molecule has 0 bridgehead atoms. The van der Waals surface area contributed by atoms with Gasteiger partial charge in [-0.2, -0.15) is 22.0 Å². The third kappa shape index (κ3) is 8.35. The first-order valence-electron chi connectivity index (χ1n) is 14.2. The Morgan fingerprint density at radius 2 is 1.51 bits per heavy atom. The number of esters is 1. The summed E-state index contributed by atoms with van der Waals surface area (Å²) >= 11 is 0. The fourth-order valence-electron chi connectivity index (χ4n) is 4.85. The normalized spacial score (nSPS) is 18.7. The molecule has 0 aliphatic carbocycles. The van der Waals surface area contributed by atoms with Crippen LogP contribution in [-0.2, 0) is 23.9 Å². The van der Waals surface area contributed by atoms with Crippen molar-refractivity contribution in [2.45, 2.75) is 64.7 Å². The summed E-state index contributed by atoms with van der Waals surface area (Å²) in [5.74, 6) is -12.9. The maximum absolute atomic E-state index is 14.4. The molecule has 0 radical (unpaired) electrons. The number of benzene rings is 1. The van der Waals surface area contributed by atoms with Crippen LogP contribution in [-0.4, -0.2) is 96.4 Å². The minimum absolute atomic E-state index is 0.0473. The molecule has 248 valence electrons. The highest BCUT2D eigenvalue weighted by Gasteiger charge is 2.63. The van der Waals surface area contributed by atoms with Crippen molar-refractivity contribution < 1.29 is 55.4 Å². The van der Waals surface area contributed by atoms with Gasteiger partial charge in [0.1, 0.15) is 12.1 Å². The third-order valence-electron chi connectivity index (χ3n) is 7.22. The molecule has 0 unspecified atom stereocenters. The molecule has 2 fully saturated rings. The predicted octanol–water partition coefficient (Wildman–Crippen LogP) is 3.01. The fourth-order valence-corrected chi connectivity index (χ4v) is 4.85. The molecular formula is C29H35F5N4O7. The summed E-state index contributed by atoms with van der Waals surface area (Å²) in [6, 6.07) is 3.37. The summed E-state index contributed by atoms with van der Waals surface area (Å²) in [6.07, 6.45) is -5.77. The lowest BCUT2D eigenvalue weighted by Crippen LogP contribution is -2.53. The monoisotopic (exact) mass is 646 g/mol. The molecule has 2 heterocycles. The van der Waals surface area contributed by atoms with Gasteiger partial charge in [0.05, 0.1) is 18.9 Å². The molecule has 2 N–H and O–H groups in total. The summed E-state index contributed by atoms with van der Waals surface area (Å²) in [4.78, 5) is 66.1. The molecule has 2 atom stereocenters. The maximum Gasteiger partial charge on any atom is 0.461 e. The Bertz CT molecular complexity index is 1330. The van der Waals surface area contributed by atoms with Crippen LogP contribution in [0.3, 0.4) is 0 Å². The molecule has 4 amide bonds. The van der Waals surface area contributed by atoms with E-state index >= 15 is 0 Å². The number of hydrogen-bond donors (Lipinski definition) is 2. The first-order valence-corrected chi connectivity index (χ1v) is 14.2. The van der Waals surface area contributed by atoms with E-state index in [2.05, 4.69) is 10.1 Å². The molecule has 0 saturated carbocycles. The van der Waals surface area contributed by atoms with Crippen LogP contribution in [0.5, 0.6) is 0 Å². The number of allylic oxidation sites excluding steroid dienone is 2. The lowest BCUT2D eigenvalue weighted by Gasteiger charge is -2.29. The first kappa shape index (κ1) is 35.4. The van der Waals surface area contributed by atoms with Crippen molar-refractivity contribution in [1.82, 2.24) is 20.4 Å². The standard InChI is InChI=1S/C29H35F5N4O7/c1-16(2)22(23(45-18(4)39)28(30,31)29(32,33)34)36-25(41)21-6-5-11-38(21)26(42)17(3)35-24(40)19-7-9-20(10-8-19)27(43)37-12-14-44-15-13-37/h7-10,16-17,21H,5-6,11-15H2,1-4H3,(H,35,40)(H,36,41)/b23-22+/t17-,21-/m0/s1. The van der Waals surface area contributed by atoms with E-state index in [1.807, 2.05) is 5.32 Å². The van der Waals surface area contributed by atoms with Gasteiger partial charge in [-0.1, -0.05) is 13.8 Å². The van der Waals surface area contributed by atoms with E-state index in [1.165, 1.54) is 45.0 Å². The van der Waals surface area contributed by atoms with E-state index in [0.29, 0.717) is 45.2 Å². The Balaban J connectivity index is 1.72. The summed E-state index contributed by atoms with van der Waals surface area (Å²) in [5.41, 5.74) is -0.448. The Labute approximate surface area is 256 Å². The SMILES string of the molecule is CC(=O)O/C(=C(/NC(=O)[C@@H]1CCCN1C(=O)[C@H](C)NC(=O)c1ccc(C(=O)N2CCOCC2)cc1)C(C)C)C(F)(F)C(F)(F)F. The van der Waals surface area contributed by atoms with Gasteiger partial charge in [-0.15, -0.1) is 0 Å². The number of nitrogens with one attached hydrogen (secondary N) is 2. The average Bonchev–Trinajstić information content (AvgIpc) is 3.48. The predicted molar refractivity (Wildman–Crippen MR) is 148 cm³/mol. The topological polar surface area (TPSA) is 134 Å². The van der Waals surface area contributed by atoms with Gasteiger partial charge >= 0.3 is 18.1 Å². The lowest BCUT2D eigenvalue weighted by molar-refractivity contribution is -0.276. The number of nitrogens with zero attached hydrogens (tertiary/aromatic N) is 2. The fraction of sp³-hybridized carbons (Fsp3) is 0.552. The zero-order valence-corrected chi connectivity index (χ0v) is 25.1. The zero-order chi connectivity index (χ0) is 33.7. The highest BCUT2D eigenvalue weighted by molar-refractivity contribution is 6.00. The van der Waals surface area contributed by atoms with Gasteiger partial charge < -0.3 is 29.9 Å². The smallest absolute Gasteiger partial charge is 0.422 e. The van der Waals surface area contributed by atoms with Gasteiger partial charge in [0.25, 0.3) is 11.8 Å². The van der Waals surface area contributed by atoms with E-state index in [9.17, 15) is 45.9 Å². The molecular weight excluding hydrogens is 611 g/mol. The van der Waals surface area contributed by atoms with Crippen molar-refractivity contribution in [3.05, 3.63) is 46.8 Å². The third-order valence-corrected chi connectivity index (χ3v) is 7.22. The van der Waals surface area contributed by atoms with Crippen LogP contribution in [0.15, 0.2) is 35.7 Å². The van der Waals surface area contributed by atoms with Crippen molar-refractivity contribution in [2.75, 3.05) is 32.8 Å². The van der Waals surface area contributed by atoms with Crippen LogP contribution in [0.4, 0.5) is 22.0 Å². The van der Waals surface area contributed by atoms with Crippen molar-refractivity contribution in [3.8, 4) is 0 Å². The van der Waals surface area contributed by atoms with E-state index in [4.69, 9.17) is 4.74 Å². The van der Waals surface area contributed by atoms with E-state index < -0.39 is 65.2 Å². The van der Waals surface area contributed by atoms with Gasteiger partial charge in [0.2, 0.25) is 17.6 Å². The van der Waals surface area contributed by atoms with Crippen molar-refractivity contribution in [3.63, 3.8) is 0 Å². The van der Waals surface area contributed by atoms with Crippen LogP contribution in [0.2, 0.25) is 0 Å². The summed E-state index contributed by atoms with van der Waals surface area (Å²) in [5, 5.41) is 4.55. The highest BCUT2D eigenvalue weighted by Crippen LogP contribution is 2.43. The number of carbonyl (C=O) groups excluding carboxylic acids is 5. The number of likely N-dealkylation sites (tertiary alicyclic amines) is 1. The number of amides is 4. The second-order valence-electron chi connectivity index (χ2n) is 10.9. The lowest BCUT2D eigenvalue weighted by atomic mass is 10.0. The molecule has 16 heteroatoms.